The molecule has 1 aliphatic carbocycles. The first-order valence-corrected chi connectivity index (χ1v) is 5.25. The maximum absolute atomic E-state index is 2.58. The molecule has 0 aromatic rings. The van der Waals surface area contributed by atoms with Crippen LogP contribution < -0.4 is 0 Å². The average molecular weight is 165 g/mol. The number of likely N-dealkylation sites (tertiary alicyclic amines) is 1. The zero-order chi connectivity index (χ0) is 8.39. The Labute approximate surface area is 75.4 Å². The summed E-state index contributed by atoms with van der Waals surface area (Å²) in [6.45, 7) is 6.23. The van der Waals surface area contributed by atoms with Crippen molar-refractivity contribution in [1.29, 1.82) is 0 Å². The van der Waals surface area contributed by atoms with Crippen LogP contribution in [0.15, 0.2) is 11.6 Å². The molecule has 1 aliphatic heterocycles. The van der Waals surface area contributed by atoms with E-state index in [1.54, 1.807) is 5.57 Å². The molecule has 1 saturated heterocycles. The second-order valence-corrected chi connectivity index (χ2v) is 4.37. The van der Waals surface area contributed by atoms with Gasteiger partial charge in [0, 0.05) is 13.1 Å². The molecule has 1 nitrogen and oxygen atoms in total. The van der Waals surface area contributed by atoms with Gasteiger partial charge in [-0.2, -0.15) is 0 Å². The van der Waals surface area contributed by atoms with Crippen LogP contribution in [0, 0.1) is 5.92 Å². The number of hydrogen-bond donors (Lipinski definition) is 0. The summed E-state index contributed by atoms with van der Waals surface area (Å²) in [5, 5.41) is 0. The highest BCUT2D eigenvalue weighted by molar-refractivity contribution is 5.10. The summed E-state index contributed by atoms with van der Waals surface area (Å²) in [4.78, 5) is 2.58. The molecule has 1 atom stereocenters. The van der Waals surface area contributed by atoms with Crippen LogP contribution in [0.2, 0.25) is 0 Å². The summed E-state index contributed by atoms with van der Waals surface area (Å²) >= 11 is 0. The van der Waals surface area contributed by atoms with E-state index in [1.807, 2.05) is 0 Å². The largest absolute Gasteiger partial charge is 0.299 e. The predicted molar refractivity (Wildman–Crippen MR) is 52.2 cm³/mol. The van der Waals surface area contributed by atoms with Crippen LogP contribution >= 0.6 is 0 Å². The van der Waals surface area contributed by atoms with Gasteiger partial charge in [0.15, 0.2) is 0 Å². The van der Waals surface area contributed by atoms with E-state index >= 15 is 0 Å². The number of hydrogen-bond acceptors (Lipinski definition) is 1. The van der Waals surface area contributed by atoms with Gasteiger partial charge >= 0.3 is 0 Å². The third-order valence-electron chi connectivity index (χ3n) is 3.14. The van der Waals surface area contributed by atoms with E-state index in [0.29, 0.717) is 0 Å². The number of allylic oxidation sites excluding steroid dienone is 1. The first-order valence-electron chi connectivity index (χ1n) is 5.25. The Kier molecular flexibility index (Phi) is 2.50. The molecule has 0 N–H and O–H groups in total. The van der Waals surface area contributed by atoms with Crippen molar-refractivity contribution in [3.8, 4) is 0 Å². The normalized spacial score (nSPS) is 30.4. The van der Waals surface area contributed by atoms with E-state index < -0.39 is 0 Å². The molecule has 68 valence electrons. The lowest BCUT2D eigenvalue weighted by Crippen LogP contribution is -2.20. The molecule has 12 heavy (non-hydrogen) atoms. The molecule has 0 bridgehead atoms. The molecule has 0 aromatic heterocycles. The molecule has 1 saturated carbocycles. The zero-order valence-electron chi connectivity index (χ0n) is 8.05. The van der Waals surface area contributed by atoms with Gasteiger partial charge in [-0.15, -0.1) is 0 Å². The Morgan fingerprint density at radius 2 is 2.33 bits per heavy atom. The fourth-order valence-electron chi connectivity index (χ4n) is 2.04. The Bertz CT molecular complexity index is 177. The van der Waals surface area contributed by atoms with Crippen molar-refractivity contribution >= 4 is 0 Å². The van der Waals surface area contributed by atoms with Crippen molar-refractivity contribution < 1.29 is 0 Å². The molecular weight excluding hydrogens is 146 g/mol. The van der Waals surface area contributed by atoms with Crippen LogP contribution in [0.1, 0.15) is 32.6 Å². The minimum atomic E-state index is 0.935. The van der Waals surface area contributed by atoms with Crippen LogP contribution in [0.25, 0.3) is 0 Å². The van der Waals surface area contributed by atoms with Gasteiger partial charge in [0.25, 0.3) is 0 Å². The van der Waals surface area contributed by atoms with Crippen molar-refractivity contribution in [3.05, 3.63) is 11.6 Å². The van der Waals surface area contributed by atoms with Crippen molar-refractivity contribution in [2.75, 3.05) is 19.6 Å². The summed E-state index contributed by atoms with van der Waals surface area (Å²) in [5.74, 6) is 0.935. The topological polar surface area (TPSA) is 3.24 Å². The third-order valence-corrected chi connectivity index (χ3v) is 3.14. The van der Waals surface area contributed by atoms with Gasteiger partial charge in [0.1, 0.15) is 0 Å². The van der Waals surface area contributed by atoms with Gasteiger partial charge in [0.2, 0.25) is 0 Å². The van der Waals surface area contributed by atoms with Gasteiger partial charge < -0.3 is 0 Å². The fourth-order valence-corrected chi connectivity index (χ4v) is 2.04. The second kappa shape index (κ2) is 3.61. The Morgan fingerprint density at radius 1 is 1.50 bits per heavy atom. The molecule has 1 heteroatoms. The Balaban J connectivity index is 1.72. The maximum Gasteiger partial charge on any atom is 0.0165 e. The minimum absolute atomic E-state index is 0.935. The van der Waals surface area contributed by atoms with Gasteiger partial charge in [-0.3, -0.25) is 4.90 Å². The van der Waals surface area contributed by atoms with E-state index in [2.05, 4.69) is 17.9 Å². The predicted octanol–water partition coefficient (Wildman–Crippen LogP) is 2.44. The zero-order valence-corrected chi connectivity index (χ0v) is 8.05. The van der Waals surface area contributed by atoms with Crippen molar-refractivity contribution in [2.24, 2.45) is 5.92 Å². The SMILES string of the molecule is CC1CCN(CC=C2CCC2)C1. The molecule has 2 rings (SSSR count). The van der Waals surface area contributed by atoms with Crippen molar-refractivity contribution in [1.82, 2.24) is 4.90 Å². The van der Waals surface area contributed by atoms with Crippen LogP contribution in [-0.4, -0.2) is 24.5 Å². The Hall–Kier alpha value is -0.300. The minimum Gasteiger partial charge on any atom is -0.299 e. The summed E-state index contributed by atoms with van der Waals surface area (Å²) < 4.78 is 0. The van der Waals surface area contributed by atoms with Crippen LogP contribution in [0.5, 0.6) is 0 Å². The smallest absolute Gasteiger partial charge is 0.0165 e. The average Bonchev–Trinajstić information content (AvgIpc) is 2.32. The summed E-state index contributed by atoms with van der Waals surface area (Å²) in [5.41, 5.74) is 1.70. The third kappa shape index (κ3) is 1.89. The monoisotopic (exact) mass is 165 g/mol. The highest BCUT2D eigenvalue weighted by atomic mass is 15.1. The standard InChI is InChI=1S/C11H19N/c1-10-5-7-12(9-10)8-6-11-3-2-4-11/h6,10H,2-5,7-9H2,1H3. The van der Waals surface area contributed by atoms with E-state index in [9.17, 15) is 0 Å². The lowest BCUT2D eigenvalue weighted by molar-refractivity contribution is 0.361. The first-order chi connectivity index (χ1) is 5.84. The van der Waals surface area contributed by atoms with Gasteiger partial charge in [-0.05, 0) is 38.1 Å². The molecule has 0 radical (unpaired) electrons. The van der Waals surface area contributed by atoms with E-state index in [1.165, 1.54) is 45.3 Å². The van der Waals surface area contributed by atoms with E-state index in [4.69, 9.17) is 0 Å². The maximum atomic E-state index is 2.58. The molecule has 1 heterocycles. The molecule has 2 aliphatic rings. The summed E-state index contributed by atoms with van der Waals surface area (Å²) in [6.07, 6.45) is 8.06. The van der Waals surface area contributed by atoms with Gasteiger partial charge in [-0.25, -0.2) is 0 Å². The summed E-state index contributed by atoms with van der Waals surface area (Å²) in [7, 11) is 0. The fraction of sp³-hybridized carbons (Fsp3) is 0.818. The lowest BCUT2D eigenvalue weighted by atomic mass is 9.92. The van der Waals surface area contributed by atoms with Crippen molar-refractivity contribution in [2.45, 2.75) is 32.6 Å². The molecule has 0 aromatic carbocycles. The van der Waals surface area contributed by atoms with Crippen LogP contribution in [0.4, 0.5) is 0 Å². The van der Waals surface area contributed by atoms with Crippen LogP contribution in [0.3, 0.4) is 0 Å². The van der Waals surface area contributed by atoms with E-state index in [0.717, 1.165) is 5.92 Å². The molecule has 0 spiro atoms. The quantitative estimate of drug-likeness (QED) is 0.568. The Morgan fingerprint density at radius 3 is 2.83 bits per heavy atom. The summed E-state index contributed by atoms with van der Waals surface area (Å²) in [6, 6.07) is 0. The van der Waals surface area contributed by atoms with E-state index in [-0.39, 0.29) is 0 Å². The molecule has 0 amide bonds. The second-order valence-electron chi connectivity index (χ2n) is 4.37. The molecular formula is C11H19N. The van der Waals surface area contributed by atoms with Crippen molar-refractivity contribution in [3.63, 3.8) is 0 Å². The first kappa shape index (κ1) is 8.31. The number of rotatable bonds is 2. The highest BCUT2D eigenvalue weighted by Crippen LogP contribution is 2.25. The van der Waals surface area contributed by atoms with Crippen LogP contribution in [-0.2, 0) is 0 Å². The molecule has 2 fully saturated rings. The number of nitrogens with zero attached hydrogens (tertiary/aromatic N) is 1. The van der Waals surface area contributed by atoms with Gasteiger partial charge in [0.05, 0.1) is 0 Å². The highest BCUT2D eigenvalue weighted by Gasteiger charge is 2.17. The lowest BCUT2D eigenvalue weighted by Gasteiger charge is -2.19. The molecule has 1 unspecified atom stereocenters. The van der Waals surface area contributed by atoms with Gasteiger partial charge in [-0.1, -0.05) is 18.6 Å².